The highest BCUT2D eigenvalue weighted by Crippen LogP contribution is 2.27. The maximum absolute atomic E-state index is 11.4. The van der Waals surface area contributed by atoms with Gasteiger partial charge in [-0.25, -0.2) is 0 Å². The summed E-state index contributed by atoms with van der Waals surface area (Å²) in [6.45, 7) is 2.47. The van der Waals surface area contributed by atoms with Crippen LogP contribution in [0.5, 0.6) is 0 Å². The number of nitro benzene ring substituents is 1. The van der Waals surface area contributed by atoms with E-state index in [4.69, 9.17) is 0 Å². The molecule has 19 heavy (non-hydrogen) atoms. The molecule has 1 unspecified atom stereocenters. The first-order valence-electron chi connectivity index (χ1n) is 6.23. The normalized spacial score (nSPS) is 19.4. The maximum Gasteiger partial charge on any atom is 0.292 e. The van der Waals surface area contributed by atoms with Gasteiger partial charge in [0.05, 0.1) is 4.92 Å². The first-order valence-corrected chi connectivity index (χ1v) is 6.23. The third-order valence-electron chi connectivity index (χ3n) is 3.34. The van der Waals surface area contributed by atoms with Gasteiger partial charge in [-0.15, -0.1) is 0 Å². The molecule has 6 heteroatoms. The molecule has 1 N–H and O–H groups in total. The molecule has 1 aliphatic rings. The van der Waals surface area contributed by atoms with E-state index in [-0.39, 0.29) is 22.6 Å². The summed E-state index contributed by atoms with van der Waals surface area (Å²) in [5.41, 5.74) is 1.57. The van der Waals surface area contributed by atoms with Crippen molar-refractivity contribution in [1.29, 1.82) is 0 Å². The summed E-state index contributed by atoms with van der Waals surface area (Å²) in [4.78, 5) is 23.7. The molecule has 0 radical (unpaired) electrons. The van der Waals surface area contributed by atoms with E-state index in [2.05, 4.69) is 5.32 Å². The van der Waals surface area contributed by atoms with Gasteiger partial charge in [-0.3, -0.25) is 14.9 Å². The average molecular weight is 263 g/mol. The van der Waals surface area contributed by atoms with Crippen molar-refractivity contribution in [3.05, 3.63) is 33.9 Å². The van der Waals surface area contributed by atoms with Crippen LogP contribution in [0.4, 0.5) is 11.4 Å². The number of amides is 1. The van der Waals surface area contributed by atoms with Crippen LogP contribution in [0, 0.1) is 17.0 Å². The van der Waals surface area contributed by atoms with E-state index in [1.54, 1.807) is 24.1 Å². The molecule has 1 heterocycles. The van der Waals surface area contributed by atoms with E-state index in [0.717, 1.165) is 5.56 Å². The number of hydrogen-bond acceptors (Lipinski definition) is 4. The largest absolute Gasteiger partial charge is 0.375 e. The number of hydrogen-bond donors (Lipinski definition) is 1. The predicted octanol–water partition coefficient (Wildman–Crippen LogP) is 1.94. The van der Waals surface area contributed by atoms with Gasteiger partial charge in [0.25, 0.3) is 5.69 Å². The second-order valence-corrected chi connectivity index (χ2v) is 4.93. The zero-order chi connectivity index (χ0) is 14.0. The highest BCUT2D eigenvalue weighted by molar-refractivity contribution is 5.77. The Bertz CT molecular complexity index is 516. The van der Waals surface area contributed by atoms with E-state index >= 15 is 0 Å². The number of carbonyl (C=O) groups excluding carboxylic acids is 1. The molecule has 1 fully saturated rings. The molecule has 1 aliphatic heterocycles. The number of aryl methyl sites for hydroxylation is 1. The monoisotopic (exact) mass is 263 g/mol. The van der Waals surface area contributed by atoms with Crippen molar-refractivity contribution in [1.82, 2.24) is 4.90 Å². The highest BCUT2D eigenvalue weighted by Gasteiger charge is 2.24. The van der Waals surface area contributed by atoms with Crippen molar-refractivity contribution < 1.29 is 9.72 Å². The van der Waals surface area contributed by atoms with E-state index in [1.165, 1.54) is 6.07 Å². The molecular weight excluding hydrogens is 246 g/mol. The van der Waals surface area contributed by atoms with Crippen LogP contribution >= 0.6 is 0 Å². The van der Waals surface area contributed by atoms with Gasteiger partial charge in [0, 0.05) is 32.1 Å². The lowest BCUT2D eigenvalue weighted by Gasteiger charge is -2.30. The van der Waals surface area contributed by atoms with Gasteiger partial charge in [-0.05, 0) is 25.0 Å². The topological polar surface area (TPSA) is 75.5 Å². The van der Waals surface area contributed by atoms with E-state index in [1.807, 2.05) is 6.92 Å². The molecule has 0 saturated carbocycles. The zero-order valence-electron chi connectivity index (χ0n) is 11.0. The van der Waals surface area contributed by atoms with Crippen LogP contribution in [0.1, 0.15) is 18.4 Å². The smallest absolute Gasteiger partial charge is 0.292 e. The zero-order valence-corrected chi connectivity index (χ0v) is 11.0. The molecule has 1 atom stereocenters. The van der Waals surface area contributed by atoms with Crippen LogP contribution in [-0.2, 0) is 4.79 Å². The minimum atomic E-state index is -0.389. The third-order valence-corrected chi connectivity index (χ3v) is 3.34. The number of likely N-dealkylation sites (tertiary alicyclic amines) is 1. The van der Waals surface area contributed by atoms with E-state index in [0.29, 0.717) is 25.1 Å². The summed E-state index contributed by atoms with van der Waals surface area (Å²) >= 11 is 0. The lowest BCUT2D eigenvalue weighted by molar-refractivity contribution is -0.384. The van der Waals surface area contributed by atoms with Crippen LogP contribution < -0.4 is 5.32 Å². The van der Waals surface area contributed by atoms with Crippen LogP contribution in [0.25, 0.3) is 0 Å². The van der Waals surface area contributed by atoms with Gasteiger partial charge in [0.15, 0.2) is 0 Å². The Morgan fingerprint density at radius 1 is 1.47 bits per heavy atom. The molecule has 0 spiro atoms. The summed E-state index contributed by atoms with van der Waals surface area (Å²) in [6, 6.07) is 5.06. The standard InChI is InChI=1S/C13H17N3O3/c1-9-3-5-12(16(18)19)11(7-9)14-10-4-6-13(17)15(2)8-10/h3,5,7,10,14H,4,6,8H2,1-2H3. The maximum atomic E-state index is 11.4. The molecule has 1 amide bonds. The van der Waals surface area contributed by atoms with Gasteiger partial charge in [-0.1, -0.05) is 6.07 Å². The molecule has 0 bridgehead atoms. The molecule has 6 nitrogen and oxygen atoms in total. The van der Waals surface area contributed by atoms with Crippen molar-refractivity contribution in [2.75, 3.05) is 18.9 Å². The Labute approximate surface area is 111 Å². The molecule has 1 saturated heterocycles. The average Bonchev–Trinajstić information content (AvgIpc) is 2.33. The molecular formula is C13H17N3O3. The number of piperidine rings is 1. The Balaban J connectivity index is 2.16. The van der Waals surface area contributed by atoms with Crippen LogP contribution in [-0.4, -0.2) is 35.4 Å². The van der Waals surface area contributed by atoms with Crippen LogP contribution in [0.15, 0.2) is 18.2 Å². The molecule has 0 aliphatic carbocycles. The Morgan fingerprint density at radius 3 is 2.84 bits per heavy atom. The quantitative estimate of drug-likeness (QED) is 0.668. The minimum Gasteiger partial charge on any atom is -0.375 e. The fourth-order valence-corrected chi connectivity index (χ4v) is 2.27. The first kappa shape index (κ1) is 13.3. The summed E-state index contributed by atoms with van der Waals surface area (Å²) in [7, 11) is 1.75. The summed E-state index contributed by atoms with van der Waals surface area (Å²) in [5.74, 6) is 0.122. The number of nitrogens with one attached hydrogen (secondary N) is 1. The lowest BCUT2D eigenvalue weighted by Crippen LogP contribution is -2.43. The minimum absolute atomic E-state index is 0.0585. The lowest BCUT2D eigenvalue weighted by atomic mass is 10.0. The summed E-state index contributed by atoms with van der Waals surface area (Å²) in [5, 5.41) is 14.2. The van der Waals surface area contributed by atoms with Crippen molar-refractivity contribution in [2.24, 2.45) is 0 Å². The summed E-state index contributed by atoms with van der Waals surface area (Å²) in [6.07, 6.45) is 1.18. The van der Waals surface area contributed by atoms with Crippen LogP contribution in [0.2, 0.25) is 0 Å². The number of rotatable bonds is 3. The Morgan fingerprint density at radius 2 is 2.21 bits per heavy atom. The Kier molecular flexibility index (Phi) is 3.69. The van der Waals surface area contributed by atoms with Gasteiger partial charge >= 0.3 is 0 Å². The molecule has 102 valence electrons. The number of likely N-dealkylation sites (N-methyl/N-ethyl adjacent to an activating group) is 1. The van der Waals surface area contributed by atoms with Gasteiger partial charge in [0.1, 0.15) is 5.69 Å². The molecule has 1 aromatic carbocycles. The van der Waals surface area contributed by atoms with Gasteiger partial charge < -0.3 is 10.2 Å². The van der Waals surface area contributed by atoms with Crippen molar-refractivity contribution >= 4 is 17.3 Å². The third kappa shape index (κ3) is 3.01. The van der Waals surface area contributed by atoms with Gasteiger partial charge in [-0.2, -0.15) is 0 Å². The van der Waals surface area contributed by atoms with E-state index in [9.17, 15) is 14.9 Å². The van der Waals surface area contributed by atoms with Crippen molar-refractivity contribution in [2.45, 2.75) is 25.8 Å². The SMILES string of the molecule is Cc1ccc([N+](=O)[O-])c(NC2CCC(=O)N(C)C2)c1. The fourth-order valence-electron chi connectivity index (χ4n) is 2.27. The van der Waals surface area contributed by atoms with Crippen molar-refractivity contribution in [3.63, 3.8) is 0 Å². The number of nitrogens with zero attached hydrogens (tertiary/aromatic N) is 2. The van der Waals surface area contributed by atoms with Gasteiger partial charge in [0.2, 0.25) is 5.91 Å². The second kappa shape index (κ2) is 5.26. The Hall–Kier alpha value is -2.11. The first-order chi connectivity index (χ1) is 8.97. The predicted molar refractivity (Wildman–Crippen MR) is 72.1 cm³/mol. The molecule has 1 aromatic rings. The second-order valence-electron chi connectivity index (χ2n) is 4.93. The number of carbonyl (C=O) groups is 1. The molecule has 2 rings (SSSR count). The highest BCUT2D eigenvalue weighted by atomic mass is 16.6. The fraction of sp³-hybridized carbons (Fsp3) is 0.462. The number of anilines is 1. The number of benzene rings is 1. The van der Waals surface area contributed by atoms with Crippen LogP contribution in [0.3, 0.4) is 0 Å². The molecule has 0 aromatic heterocycles. The number of nitro groups is 1. The van der Waals surface area contributed by atoms with Crippen molar-refractivity contribution in [3.8, 4) is 0 Å². The summed E-state index contributed by atoms with van der Waals surface area (Å²) < 4.78 is 0. The van der Waals surface area contributed by atoms with E-state index < -0.39 is 0 Å².